The molecule has 0 N–H and O–H groups in total. The molecule has 116 valence electrons. The van der Waals surface area contributed by atoms with Crippen LogP contribution >= 0.6 is 0 Å². The zero-order valence-electron chi connectivity index (χ0n) is 12.8. The molecule has 2 rings (SSSR count). The lowest BCUT2D eigenvalue weighted by Gasteiger charge is -2.05. The molecule has 0 radical (unpaired) electrons. The molecule has 1 aliphatic heterocycles. The number of aliphatic imine (C=N–C) groups is 1. The van der Waals surface area contributed by atoms with Gasteiger partial charge in [0.2, 0.25) is 0 Å². The molecule has 4 nitrogen and oxygen atoms in total. The molecule has 0 saturated heterocycles. The van der Waals surface area contributed by atoms with Crippen molar-refractivity contribution >= 4 is 25.2 Å². The smallest absolute Gasteiger partial charge is 0.469 e. The lowest BCUT2D eigenvalue weighted by atomic mass is 10.1. The highest BCUT2D eigenvalue weighted by molar-refractivity contribution is 6.41. The minimum Gasteiger partial charge on any atom is -0.469 e. The van der Waals surface area contributed by atoms with E-state index in [-0.39, 0.29) is 12.4 Å². The summed E-state index contributed by atoms with van der Waals surface area (Å²) in [5, 5.41) is 0. The molecule has 0 amide bonds. The van der Waals surface area contributed by atoms with Crippen molar-refractivity contribution in [3.05, 3.63) is 40.9 Å². The minimum absolute atomic E-state index is 0.249. The van der Waals surface area contributed by atoms with Gasteiger partial charge in [-0.25, -0.2) is 0 Å². The van der Waals surface area contributed by atoms with Crippen molar-refractivity contribution in [3.8, 4) is 0 Å². The van der Waals surface area contributed by atoms with Crippen molar-refractivity contribution < 1.29 is 18.2 Å². The van der Waals surface area contributed by atoms with Gasteiger partial charge in [0.15, 0.2) is 0 Å². The van der Waals surface area contributed by atoms with Gasteiger partial charge in [0.05, 0.1) is 19.2 Å². The predicted molar refractivity (Wildman–Crippen MR) is 83.1 cm³/mol. The molecule has 1 aromatic heterocycles. The first-order chi connectivity index (χ1) is 10.4. The van der Waals surface area contributed by atoms with Crippen LogP contribution in [-0.2, 0) is 9.53 Å². The van der Waals surface area contributed by atoms with Crippen LogP contribution in [0.3, 0.4) is 0 Å². The van der Waals surface area contributed by atoms with E-state index in [9.17, 15) is 13.4 Å². The van der Waals surface area contributed by atoms with Crippen molar-refractivity contribution in [1.29, 1.82) is 0 Å². The normalized spacial score (nSPS) is 15.3. The highest BCUT2D eigenvalue weighted by atomic mass is 19.2. The number of nitrogens with zero attached hydrogens (tertiary/aromatic N) is 2. The van der Waals surface area contributed by atoms with Gasteiger partial charge in [-0.2, -0.15) is 0 Å². The first kappa shape index (κ1) is 16.2. The quantitative estimate of drug-likeness (QED) is 0.619. The Labute approximate surface area is 128 Å². The number of rotatable bonds is 5. The van der Waals surface area contributed by atoms with Gasteiger partial charge in [0.25, 0.3) is 0 Å². The number of esters is 1. The molecule has 0 saturated carbocycles. The molecule has 0 aliphatic carbocycles. The number of aromatic nitrogens is 1. The summed E-state index contributed by atoms with van der Waals surface area (Å²) < 4.78 is 31.8. The lowest BCUT2D eigenvalue weighted by Crippen LogP contribution is -2.16. The SMILES string of the molecule is COC(=O)CCC1=N/C(=C\c2c(C)cc(C)n2B(F)F)C=C1. The second-order valence-corrected chi connectivity index (χ2v) is 5.08. The van der Waals surface area contributed by atoms with Crippen LogP contribution < -0.4 is 0 Å². The van der Waals surface area contributed by atoms with E-state index >= 15 is 0 Å². The molecule has 0 unspecified atom stereocenters. The van der Waals surface area contributed by atoms with E-state index in [2.05, 4.69) is 9.73 Å². The summed E-state index contributed by atoms with van der Waals surface area (Å²) in [5.74, 6) is -0.299. The minimum atomic E-state index is -2.59. The summed E-state index contributed by atoms with van der Waals surface area (Å²) in [4.78, 5) is 15.4. The summed E-state index contributed by atoms with van der Waals surface area (Å²) >= 11 is 0. The highest BCUT2D eigenvalue weighted by Gasteiger charge is 2.23. The van der Waals surface area contributed by atoms with Gasteiger partial charge in [-0.3, -0.25) is 18.4 Å². The number of ether oxygens (including phenoxy) is 1. The molecule has 22 heavy (non-hydrogen) atoms. The summed E-state index contributed by atoms with van der Waals surface area (Å²) in [7, 11) is -1.25. The van der Waals surface area contributed by atoms with Crippen LogP contribution in [0.5, 0.6) is 0 Å². The molecule has 0 bridgehead atoms. The fourth-order valence-electron chi connectivity index (χ4n) is 2.39. The van der Waals surface area contributed by atoms with E-state index in [1.165, 1.54) is 7.11 Å². The van der Waals surface area contributed by atoms with E-state index in [0.717, 1.165) is 15.8 Å². The zero-order valence-corrected chi connectivity index (χ0v) is 12.8. The summed E-state index contributed by atoms with van der Waals surface area (Å²) in [6.07, 6.45) is 5.89. The summed E-state index contributed by atoms with van der Waals surface area (Å²) in [6.45, 7) is 3.44. The molecule has 7 heteroatoms. The van der Waals surface area contributed by atoms with Crippen molar-refractivity contribution in [1.82, 2.24) is 4.48 Å². The van der Waals surface area contributed by atoms with Crippen LogP contribution in [0.4, 0.5) is 8.63 Å². The fraction of sp³-hybridized carbons (Fsp3) is 0.333. The van der Waals surface area contributed by atoms with E-state index < -0.39 is 7.40 Å². The number of carbonyl (C=O) groups is 1. The maximum atomic E-state index is 13.1. The van der Waals surface area contributed by atoms with Crippen LogP contribution in [0.25, 0.3) is 6.08 Å². The lowest BCUT2D eigenvalue weighted by molar-refractivity contribution is -0.140. The Morgan fingerprint density at radius 2 is 2.14 bits per heavy atom. The van der Waals surface area contributed by atoms with Crippen LogP contribution in [0.2, 0.25) is 0 Å². The Balaban J connectivity index is 2.20. The Kier molecular flexibility index (Phi) is 4.95. The number of aryl methyl sites for hydroxylation is 2. The van der Waals surface area contributed by atoms with Crippen molar-refractivity contribution in [3.63, 3.8) is 0 Å². The van der Waals surface area contributed by atoms with Crippen LogP contribution in [0.1, 0.15) is 29.8 Å². The van der Waals surface area contributed by atoms with Crippen LogP contribution in [0, 0.1) is 13.8 Å². The van der Waals surface area contributed by atoms with Gasteiger partial charge in [0, 0.05) is 23.5 Å². The van der Waals surface area contributed by atoms with Crippen molar-refractivity contribution in [2.24, 2.45) is 4.99 Å². The number of hydrogen-bond donors (Lipinski definition) is 0. The van der Waals surface area contributed by atoms with Crippen molar-refractivity contribution in [2.75, 3.05) is 7.11 Å². The second-order valence-electron chi connectivity index (χ2n) is 5.08. The average Bonchev–Trinajstić information content (AvgIpc) is 3.01. The Morgan fingerprint density at radius 3 is 2.77 bits per heavy atom. The van der Waals surface area contributed by atoms with Gasteiger partial charge in [-0.05, 0) is 43.7 Å². The van der Waals surface area contributed by atoms with Gasteiger partial charge in [-0.15, -0.1) is 0 Å². The third-order valence-electron chi connectivity index (χ3n) is 3.48. The highest BCUT2D eigenvalue weighted by Crippen LogP contribution is 2.22. The first-order valence-corrected chi connectivity index (χ1v) is 6.93. The van der Waals surface area contributed by atoms with Gasteiger partial charge >= 0.3 is 13.4 Å². The van der Waals surface area contributed by atoms with E-state index in [4.69, 9.17) is 0 Å². The molecular weight excluding hydrogens is 289 g/mol. The molecule has 0 spiro atoms. The monoisotopic (exact) mass is 306 g/mol. The zero-order chi connectivity index (χ0) is 16.3. The number of halogens is 2. The molecule has 1 aliphatic rings. The standard InChI is InChI=1S/C15H17BF2N2O2/c1-10-8-11(2)20(16(17)18)14(10)9-13-5-4-12(19-13)6-7-15(21)22-3/h4-5,8-9H,6-7H2,1-3H3/b13-9-. The molecule has 0 fully saturated rings. The summed E-state index contributed by atoms with van der Waals surface area (Å²) in [6, 6.07) is 1.72. The van der Waals surface area contributed by atoms with Crippen molar-refractivity contribution in [2.45, 2.75) is 26.7 Å². The Bertz CT molecular complexity index is 675. The third kappa shape index (κ3) is 3.53. The first-order valence-electron chi connectivity index (χ1n) is 6.93. The topological polar surface area (TPSA) is 43.6 Å². The molecule has 0 aromatic carbocycles. The predicted octanol–water partition coefficient (Wildman–Crippen LogP) is 3.18. The third-order valence-corrected chi connectivity index (χ3v) is 3.48. The maximum Gasteiger partial charge on any atom is 0.677 e. The van der Waals surface area contributed by atoms with Gasteiger partial charge < -0.3 is 9.21 Å². The Morgan fingerprint density at radius 1 is 1.41 bits per heavy atom. The fourth-order valence-corrected chi connectivity index (χ4v) is 2.39. The number of methoxy groups -OCH3 is 1. The number of allylic oxidation sites excluding steroid dienone is 2. The van der Waals surface area contributed by atoms with Gasteiger partial charge in [0.1, 0.15) is 0 Å². The van der Waals surface area contributed by atoms with E-state index in [0.29, 0.717) is 23.5 Å². The molecular formula is C15H17BF2N2O2. The molecule has 1 aromatic rings. The largest absolute Gasteiger partial charge is 0.677 e. The average molecular weight is 306 g/mol. The molecule has 2 heterocycles. The second kappa shape index (κ2) is 6.72. The van der Waals surface area contributed by atoms with Gasteiger partial charge in [-0.1, -0.05) is 0 Å². The maximum absolute atomic E-state index is 13.1. The van der Waals surface area contributed by atoms with E-state index in [1.807, 2.05) is 0 Å². The number of hydrogen-bond acceptors (Lipinski definition) is 3. The molecule has 0 atom stereocenters. The summed E-state index contributed by atoms with van der Waals surface area (Å²) in [5.41, 5.74) is 3.07. The van der Waals surface area contributed by atoms with Crippen LogP contribution in [0.15, 0.2) is 28.9 Å². The van der Waals surface area contributed by atoms with E-state index in [1.54, 1.807) is 38.1 Å². The Hall–Kier alpha value is -2.18. The van der Waals surface area contributed by atoms with Crippen LogP contribution in [-0.4, -0.2) is 30.7 Å². The number of carbonyl (C=O) groups excluding carboxylic acids is 1.